The Kier molecular flexibility index (Phi) is 3.34. The quantitative estimate of drug-likeness (QED) is 0.681. The third kappa shape index (κ3) is 2.59. The summed E-state index contributed by atoms with van der Waals surface area (Å²) >= 11 is 0. The van der Waals surface area contributed by atoms with Gasteiger partial charge in [-0.25, -0.2) is 9.37 Å². The maximum absolute atomic E-state index is 13.3. The van der Waals surface area contributed by atoms with Crippen LogP contribution in [0.1, 0.15) is 11.1 Å². The molecule has 3 heteroatoms. The van der Waals surface area contributed by atoms with Crippen LogP contribution in [0, 0.1) is 19.7 Å². The number of pyridine rings is 1. The number of fused-ring (bicyclic) bond motifs is 1. The molecule has 0 fully saturated rings. The maximum Gasteiger partial charge on any atom is 0.145 e. The van der Waals surface area contributed by atoms with Crippen LogP contribution in [0.15, 0.2) is 42.5 Å². The van der Waals surface area contributed by atoms with Gasteiger partial charge in [-0.05, 0) is 50.2 Å². The van der Waals surface area contributed by atoms with Gasteiger partial charge >= 0.3 is 0 Å². The Bertz CT molecular complexity index is 807. The highest BCUT2D eigenvalue weighted by molar-refractivity contribution is 5.85. The molecule has 0 N–H and O–H groups in total. The number of nitrogens with zero attached hydrogens (tertiary/aromatic N) is 1. The van der Waals surface area contributed by atoms with Crippen molar-refractivity contribution in [2.45, 2.75) is 13.8 Å². The second kappa shape index (κ2) is 5.17. The fourth-order valence-electron chi connectivity index (χ4n) is 2.60. The molecule has 106 valence electrons. The Morgan fingerprint density at radius 3 is 2.33 bits per heavy atom. The molecular formula is C18H16FNO. The van der Waals surface area contributed by atoms with Gasteiger partial charge in [0.05, 0.1) is 12.6 Å². The van der Waals surface area contributed by atoms with Crippen LogP contribution in [-0.4, -0.2) is 12.1 Å². The third-order valence-electron chi connectivity index (χ3n) is 3.46. The van der Waals surface area contributed by atoms with E-state index in [2.05, 4.69) is 37.0 Å². The van der Waals surface area contributed by atoms with Crippen molar-refractivity contribution in [1.29, 1.82) is 0 Å². The van der Waals surface area contributed by atoms with Crippen molar-refractivity contribution in [3.8, 4) is 17.0 Å². The fraction of sp³-hybridized carbons (Fsp3) is 0.167. The summed E-state index contributed by atoms with van der Waals surface area (Å²) in [5, 5.41) is 0.736. The summed E-state index contributed by atoms with van der Waals surface area (Å²) in [7, 11) is 1.61. The average molecular weight is 281 g/mol. The lowest BCUT2D eigenvalue weighted by Gasteiger charge is -2.11. The largest absolute Gasteiger partial charge is 0.494 e. The lowest BCUT2D eigenvalue weighted by atomic mass is 10.0. The first-order valence-corrected chi connectivity index (χ1v) is 6.80. The van der Waals surface area contributed by atoms with Crippen LogP contribution in [0.25, 0.3) is 22.2 Å². The Hall–Kier alpha value is -2.42. The van der Waals surface area contributed by atoms with E-state index in [4.69, 9.17) is 4.74 Å². The van der Waals surface area contributed by atoms with Crippen LogP contribution >= 0.6 is 0 Å². The highest BCUT2D eigenvalue weighted by atomic mass is 19.1. The predicted octanol–water partition coefficient (Wildman–Crippen LogP) is 4.67. The lowest BCUT2D eigenvalue weighted by Crippen LogP contribution is -1.94. The van der Waals surface area contributed by atoms with Crippen molar-refractivity contribution in [2.75, 3.05) is 7.11 Å². The number of rotatable bonds is 2. The molecule has 1 heterocycles. The van der Waals surface area contributed by atoms with Crippen LogP contribution in [0.4, 0.5) is 4.39 Å². The molecule has 1 aromatic heterocycles. The second-order valence-electron chi connectivity index (χ2n) is 5.25. The molecule has 0 aliphatic rings. The van der Waals surface area contributed by atoms with Gasteiger partial charge in [-0.3, -0.25) is 0 Å². The Morgan fingerprint density at radius 2 is 1.67 bits per heavy atom. The molecule has 0 saturated carbocycles. The first-order valence-electron chi connectivity index (χ1n) is 6.80. The Balaban J connectivity index is 2.27. The van der Waals surface area contributed by atoms with Gasteiger partial charge in [-0.2, -0.15) is 0 Å². The fourth-order valence-corrected chi connectivity index (χ4v) is 2.60. The summed E-state index contributed by atoms with van der Waals surface area (Å²) in [6.07, 6.45) is 0. The summed E-state index contributed by atoms with van der Waals surface area (Å²) < 4.78 is 18.8. The summed E-state index contributed by atoms with van der Waals surface area (Å²) in [6, 6.07) is 12.7. The molecule has 2 aromatic carbocycles. The zero-order valence-corrected chi connectivity index (χ0v) is 12.3. The molecule has 0 radical (unpaired) electrons. The van der Waals surface area contributed by atoms with Crippen LogP contribution in [-0.2, 0) is 0 Å². The number of methoxy groups -OCH3 is 1. The third-order valence-corrected chi connectivity index (χ3v) is 3.46. The van der Waals surface area contributed by atoms with E-state index in [0.29, 0.717) is 5.75 Å². The predicted molar refractivity (Wildman–Crippen MR) is 83.2 cm³/mol. The van der Waals surface area contributed by atoms with Crippen molar-refractivity contribution in [2.24, 2.45) is 0 Å². The van der Waals surface area contributed by atoms with Gasteiger partial charge in [-0.1, -0.05) is 17.2 Å². The molecule has 0 aliphatic carbocycles. The van der Waals surface area contributed by atoms with E-state index in [1.165, 1.54) is 23.3 Å². The number of aromatic nitrogens is 1. The number of halogens is 1. The number of aryl methyl sites for hydroxylation is 2. The van der Waals surface area contributed by atoms with E-state index in [1.54, 1.807) is 13.2 Å². The molecule has 0 unspecified atom stereocenters. The van der Waals surface area contributed by atoms with Crippen molar-refractivity contribution in [3.63, 3.8) is 0 Å². The van der Waals surface area contributed by atoms with E-state index >= 15 is 0 Å². The minimum Gasteiger partial charge on any atom is -0.494 e. The first-order chi connectivity index (χ1) is 10.1. The van der Waals surface area contributed by atoms with Crippen LogP contribution in [0.5, 0.6) is 5.75 Å². The van der Waals surface area contributed by atoms with E-state index < -0.39 is 0 Å². The van der Waals surface area contributed by atoms with Gasteiger partial charge in [0.25, 0.3) is 0 Å². The highest BCUT2D eigenvalue weighted by Gasteiger charge is 2.11. The number of hydrogen-bond donors (Lipinski definition) is 0. The molecule has 0 spiro atoms. The van der Waals surface area contributed by atoms with E-state index in [-0.39, 0.29) is 5.82 Å². The first kappa shape index (κ1) is 13.6. The van der Waals surface area contributed by atoms with E-state index in [1.807, 2.05) is 6.07 Å². The minimum absolute atomic E-state index is 0.273. The number of benzene rings is 2. The Labute approximate surface area is 123 Å². The molecule has 3 aromatic rings. The molecule has 0 amide bonds. The standard InChI is InChI=1S/C18H16FNO/c1-11-6-12(2)8-14(7-11)18-17(21-3)10-13-9-15(19)4-5-16(13)20-18/h4-10H,1-3H3. The molecule has 0 aliphatic heterocycles. The van der Waals surface area contributed by atoms with Gasteiger partial charge in [0.15, 0.2) is 0 Å². The monoisotopic (exact) mass is 281 g/mol. The van der Waals surface area contributed by atoms with Gasteiger partial charge < -0.3 is 4.74 Å². The number of ether oxygens (including phenoxy) is 1. The average Bonchev–Trinajstić information content (AvgIpc) is 2.44. The molecular weight excluding hydrogens is 265 g/mol. The van der Waals surface area contributed by atoms with Crippen LogP contribution in [0.2, 0.25) is 0 Å². The lowest BCUT2D eigenvalue weighted by molar-refractivity contribution is 0.415. The Morgan fingerprint density at radius 1 is 0.952 bits per heavy atom. The van der Waals surface area contributed by atoms with Crippen molar-refractivity contribution in [3.05, 3.63) is 59.4 Å². The molecule has 3 rings (SSSR count). The van der Waals surface area contributed by atoms with Gasteiger partial charge in [0.2, 0.25) is 0 Å². The van der Waals surface area contributed by atoms with Gasteiger partial charge in [0, 0.05) is 10.9 Å². The summed E-state index contributed by atoms with van der Waals surface area (Å²) in [4.78, 5) is 4.65. The zero-order chi connectivity index (χ0) is 15.0. The maximum atomic E-state index is 13.3. The van der Waals surface area contributed by atoms with E-state index in [9.17, 15) is 4.39 Å². The SMILES string of the molecule is COc1cc2cc(F)ccc2nc1-c1cc(C)cc(C)c1. The summed E-state index contributed by atoms with van der Waals surface area (Å²) in [5.74, 6) is 0.378. The molecule has 2 nitrogen and oxygen atoms in total. The van der Waals surface area contributed by atoms with Crippen molar-refractivity contribution >= 4 is 10.9 Å². The van der Waals surface area contributed by atoms with Crippen LogP contribution in [0.3, 0.4) is 0 Å². The van der Waals surface area contributed by atoms with E-state index in [0.717, 1.165) is 22.2 Å². The molecule has 0 atom stereocenters. The van der Waals surface area contributed by atoms with Crippen molar-refractivity contribution in [1.82, 2.24) is 4.98 Å². The molecule has 0 saturated heterocycles. The summed E-state index contributed by atoms with van der Waals surface area (Å²) in [6.45, 7) is 4.11. The topological polar surface area (TPSA) is 22.1 Å². The zero-order valence-electron chi connectivity index (χ0n) is 12.3. The van der Waals surface area contributed by atoms with Gasteiger partial charge in [0.1, 0.15) is 17.3 Å². The molecule has 21 heavy (non-hydrogen) atoms. The molecule has 0 bridgehead atoms. The van der Waals surface area contributed by atoms with Crippen LogP contribution < -0.4 is 4.74 Å². The number of hydrogen-bond acceptors (Lipinski definition) is 2. The van der Waals surface area contributed by atoms with Gasteiger partial charge in [-0.15, -0.1) is 0 Å². The highest BCUT2D eigenvalue weighted by Crippen LogP contribution is 2.32. The minimum atomic E-state index is -0.273. The van der Waals surface area contributed by atoms with Crippen molar-refractivity contribution < 1.29 is 9.13 Å². The summed E-state index contributed by atoms with van der Waals surface area (Å²) in [5.41, 5.74) is 4.89. The smallest absolute Gasteiger partial charge is 0.145 e. The second-order valence-corrected chi connectivity index (χ2v) is 5.25. The normalized spacial score (nSPS) is 10.9.